The average Bonchev–Trinajstić information content (AvgIpc) is 3.00. The van der Waals surface area contributed by atoms with Crippen molar-refractivity contribution in [3.05, 3.63) is 62.8 Å². The van der Waals surface area contributed by atoms with E-state index in [1.165, 1.54) is 29.8 Å². The van der Waals surface area contributed by atoms with Crippen LogP contribution in [-0.2, 0) is 13.7 Å². The molecule has 1 N–H and O–H groups in total. The maximum absolute atomic E-state index is 12.9. The van der Waals surface area contributed by atoms with Gasteiger partial charge in [0.2, 0.25) is 0 Å². The second-order valence-electron chi connectivity index (χ2n) is 6.26. The Morgan fingerprint density at radius 3 is 2.53 bits per heavy atom. The van der Waals surface area contributed by atoms with E-state index in [4.69, 9.17) is 16.3 Å². The molecule has 3 aromatic rings. The quantitative estimate of drug-likeness (QED) is 0.647. The molecule has 0 bridgehead atoms. The summed E-state index contributed by atoms with van der Waals surface area (Å²) in [6.07, 6.45) is -4.94. The van der Waals surface area contributed by atoms with E-state index in [-0.39, 0.29) is 39.9 Å². The number of benzene rings is 2. The van der Waals surface area contributed by atoms with Crippen LogP contribution in [0.25, 0.3) is 11.1 Å². The van der Waals surface area contributed by atoms with Crippen molar-refractivity contribution in [1.29, 1.82) is 5.26 Å². The van der Waals surface area contributed by atoms with Crippen molar-refractivity contribution in [3.8, 4) is 28.7 Å². The van der Waals surface area contributed by atoms with Crippen molar-refractivity contribution in [3.63, 3.8) is 0 Å². The highest BCUT2D eigenvalue weighted by Crippen LogP contribution is 2.41. The second-order valence-corrected chi connectivity index (χ2v) is 6.67. The summed E-state index contributed by atoms with van der Waals surface area (Å²) in [5, 5.41) is 15.5. The van der Waals surface area contributed by atoms with Crippen LogP contribution in [0.15, 0.2) is 35.1 Å². The van der Waals surface area contributed by atoms with E-state index in [9.17, 15) is 23.2 Å². The van der Waals surface area contributed by atoms with Crippen LogP contribution in [0, 0.1) is 18.3 Å². The van der Waals surface area contributed by atoms with E-state index in [1.54, 1.807) is 13.0 Å². The van der Waals surface area contributed by atoms with E-state index in [1.807, 2.05) is 6.07 Å². The first-order valence-corrected chi connectivity index (χ1v) is 8.80. The molecule has 0 saturated heterocycles. The maximum atomic E-state index is 12.9. The molecule has 0 aliphatic rings. The zero-order chi connectivity index (χ0) is 22.1. The standard InChI is InChI=1S/C19H14ClF3N4O3/c1-10-5-16(29-9-17-25-26-18(28)27(17)2)13(7-14(10)20)12-6-11(8-24)3-4-15(12)30-19(21,22)23/h3-7H,9H2,1-2H3,(H,26,28). The van der Waals surface area contributed by atoms with Gasteiger partial charge in [-0.2, -0.15) is 10.4 Å². The lowest BCUT2D eigenvalue weighted by Gasteiger charge is -2.17. The molecule has 0 aliphatic carbocycles. The zero-order valence-corrected chi connectivity index (χ0v) is 16.4. The minimum atomic E-state index is -4.94. The normalized spacial score (nSPS) is 11.2. The maximum Gasteiger partial charge on any atom is 0.573 e. The van der Waals surface area contributed by atoms with E-state index in [2.05, 4.69) is 14.9 Å². The minimum Gasteiger partial charge on any atom is -0.485 e. The first-order chi connectivity index (χ1) is 14.1. The highest BCUT2D eigenvalue weighted by atomic mass is 35.5. The molecule has 30 heavy (non-hydrogen) atoms. The molecule has 0 amide bonds. The Labute approximate surface area is 173 Å². The Kier molecular flexibility index (Phi) is 5.75. The molecule has 0 fully saturated rings. The predicted molar refractivity (Wildman–Crippen MR) is 101 cm³/mol. The summed E-state index contributed by atoms with van der Waals surface area (Å²) in [5.74, 6) is -0.0657. The van der Waals surface area contributed by atoms with Gasteiger partial charge in [-0.25, -0.2) is 9.89 Å². The van der Waals surface area contributed by atoms with Crippen molar-refractivity contribution in [2.45, 2.75) is 19.9 Å². The number of aryl methyl sites for hydroxylation is 1. The largest absolute Gasteiger partial charge is 0.573 e. The summed E-state index contributed by atoms with van der Waals surface area (Å²) < 4.78 is 49.8. The molecular weight excluding hydrogens is 425 g/mol. The fourth-order valence-corrected chi connectivity index (χ4v) is 2.82. The molecule has 0 spiro atoms. The van der Waals surface area contributed by atoms with Gasteiger partial charge in [0.05, 0.1) is 11.6 Å². The van der Waals surface area contributed by atoms with Gasteiger partial charge in [0.1, 0.15) is 18.1 Å². The first kappa shape index (κ1) is 21.3. The number of nitriles is 1. The number of hydrogen-bond acceptors (Lipinski definition) is 5. The Morgan fingerprint density at radius 2 is 1.93 bits per heavy atom. The highest BCUT2D eigenvalue weighted by Gasteiger charge is 2.32. The van der Waals surface area contributed by atoms with Crippen molar-refractivity contribution in [2.24, 2.45) is 7.05 Å². The van der Waals surface area contributed by atoms with Gasteiger partial charge < -0.3 is 9.47 Å². The van der Waals surface area contributed by atoms with Crippen LogP contribution >= 0.6 is 11.6 Å². The molecule has 156 valence electrons. The summed E-state index contributed by atoms with van der Waals surface area (Å²) in [4.78, 5) is 11.5. The third-order valence-corrected chi connectivity index (χ3v) is 4.62. The van der Waals surface area contributed by atoms with Crippen molar-refractivity contribution < 1.29 is 22.6 Å². The fraction of sp³-hybridized carbons (Fsp3) is 0.211. The Hall–Kier alpha value is -3.45. The number of halogens is 4. The lowest BCUT2D eigenvalue weighted by atomic mass is 9.99. The number of aromatic amines is 1. The van der Waals surface area contributed by atoms with Crippen LogP contribution in [0.3, 0.4) is 0 Å². The third-order valence-electron chi connectivity index (χ3n) is 4.21. The average molecular weight is 439 g/mol. The van der Waals surface area contributed by atoms with Crippen LogP contribution in [0.5, 0.6) is 11.5 Å². The van der Waals surface area contributed by atoms with Gasteiger partial charge in [0.15, 0.2) is 5.82 Å². The van der Waals surface area contributed by atoms with Gasteiger partial charge in [-0.3, -0.25) is 4.57 Å². The number of H-pyrrole nitrogens is 1. The van der Waals surface area contributed by atoms with Crippen LogP contribution in [0.4, 0.5) is 13.2 Å². The summed E-state index contributed by atoms with van der Waals surface area (Å²) >= 11 is 6.19. The van der Waals surface area contributed by atoms with Crippen molar-refractivity contribution >= 4 is 11.6 Å². The summed E-state index contributed by atoms with van der Waals surface area (Å²) in [5.41, 5.74) is 0.448. The van der Waals surface area contributed by atoms with Gasteiger partial charge in [-0.05, 0) is 42.8 Å². The Bertz CT molecular complexity index is 1200. The molecular formula is C19H14ClF3N4O3. The molecule has 11 heteroatoms. The van der Waals surface area contributed by atoms with Gasteiger partial charge in [-0.1, -0.05) is 11.6 Å². The van der Waals surface area contributed by atoms with Crippen molar-refractivity contribution in [1.82, 2.24) is 14.8 Å². The lowest BCUT2D eigenvalue weighted by molar-refractivity contribution is -0.274. The number of alkyl halides is 3. The highest BCUT2D eigenvalue weighted by molar-refractivity contribution is 6.31. The Morgan fingerprint density at radius 1 is 1.23 bits per heavy atom. The summed E-state index contributed by atoms with van der Waals surface area (Å²) in [6.45, 7) is 1.55. The monoisotopic (exact) mass is 438 g/mol. The second kappa shape index (κ2) is 8.12. The Balaban J connectivity index is 2.11. The van der Waals surface area contributed by atoms with Gasteiger partial charge in [0, 0.05) is 23.2 Å². The fourth-order valence-electron chi connectivity index (χ4n) is 2.66. The zero-order valence-electron chi connectivity index (χ0n) is 15.7. The third kappa shape index (κ3) is 4.58. The van der Waals surface area contributed by atoms with E-state index >= 15 is 0 Å². The summed E-state index contributed by atoms with van der Waals surface area (Å²) in [7, 11) is 1.49. The number of rotatable bonds is 5. The molecule has 2 aromatic carbocycles. The number of nitrogens with zero attached hydrogens (tertiary/aromatic N) is 3. The lowest BCUT2D eigenvalue weighted by Crippen LogP contribution is -2.17. The topological polar surface area (TPSA) is 92.9 Å². The molecule has 0 atom stereocenters. The van der Waals surface area contributed by atoms with Gasteiger partial charge in [-0.15, -0.1) is 13.2 Å². The van der Waals surface area contributed by atoms with E-state index < -0.39 is 17.8 Å². The van der Waals surface area contributed by atoms with Crippen LogP contribution in [-0.4, -0.2) is 21.1 Å². The molecule has 3 rings (SSSR count). The smallest absolute Gasteiger partial charge is 0.485 e. The number of nitrogens with one attached hydrogen (secondary N) is 1. The SMILES string of the molecule is Cc1cc(OCc2n[nH]c(=O)n2C)c(-c2cc(C#N)ccc2OC(F)(F)F)cc1Cl. The number of ether oxygens (including phenoxy) is 2. The van der Waals surface area contributed by atoms with Crippen molar-refractivity contribution in [2.75, 3.05) is 0 Å². The van der Waals surface area contributed by atoms with Crippen LogP contribution in [0.2, 0.25) is 5.02 Å². The predicted octanol–water partition coefficient (Wildman–Crippen LogP) is 4.09. The van der Waals surface area contributed by atoms with Gasteiger partial charge in [0.25, 0.3) is 0 Å². The minimum absolute atomic E-state index is 0.0285. The van der Waals surface area contributed by atoms with E-state index in [0.717, 1.165) is 6.07 Å². The molecule has 1 heterocycles. The molecule has 0 saturated carbocycles. The van der Waals surface area contributed by atoms with Crippen LogP contribution in [0.1, 0.15) is 17.0 Å². The van der Waals surface area contributed by atoms with Gasteiger partial charge >= 0.3 is 12.1 Å². The molecule has 0 unspecified atom stereocenters. The molecule has 0 aliphatic heterocycles. The molecule has 0 radical (unpaired) electrons. The number of aromatic nitrogens is 3. The van der Waals surface area contributed by atoms with E-state index in [0.29, 0.717) is 5.56 Å². The first-order valence-electron chi connectivity index (χ1n) is 8.42. The molecule has 7 nitrogen and oxygen atoms in total. The van der Waals surface area contributed by atoms with Crippen LogP contribution < -0.4 is 15.2 Å². The molecule has 1 aromatic heterocycles. The summed E-state index contributed by atoms with van der Waals surface area (Å²) in [6, 6.07) is 8.35. The number of hydrogen-bond donors (Lipinski definition) is 1.